The number of benzene rings is 1. The number of hydrogen-bond donors (Lipinski definition) is 0. The lowest BCUT2D eigenvalue weighted by atomic mass is 9.77. The Labute approximate surface area is 154 Å². The Kier molecular flexibility index (Phi) is 4.35. The van der Waals surface area contributed by atoms with Gasteiger partial charge in [0.05, 0.1) is 25.2 Å². The number of anilines is 1. The number of rotatable bonds is 6. The molecule has 0 radical (unpaired) electrons. The third-order valence-electron chi connectivity index (χ3n) is 5.77. The van der Waals surface area contributed by atoms with E-state index in [0.717, 1.165) is 30.5 Å². The molecule has 1 amide bonds. The maximum atomic E-state index is 13.2. The molecule has 0 N–H and O–H groups in total. The van der Waals surface area contributed by atoms with Crippen LogP contribution in [0.25, 0.3) is 0 Å². The van der Waals surface area contributed by atoms with Gasteiger partial charge in [0.25, 0.3) is 0 Å². The van der Waals surface area contributed by atoms with Gasteiger partial charge < -0.3 is 14.4 Å². The molecule has 0 saturated carbocycles. The quantitative estimate of drug-likeness (QED) is 0.447. The van der Waals surface area contributed by atoms with Crippen LogP contribution in [0.1, 0.15) is 31.7 Å². The first-order valence-electron chi connectivity index (χ1n) is 9.48. The first-order valence-corrected chi connectivity index (χ1v) is 9.48. The molecule has 1 spiro atoms. The summed E-state index contributed by atoms with van der Waals surface area (Å²) in [7, 11) is 0. The van der Waals surface area contributed by atoms with Gasteiger partial charge >= 0.3 is 5.97 Å². The van der Waals surface area contributed by atoms with Crippen LogP contribution in [-0.2, 0) is 19.1 Å². The van der Waals surface area contributed by atoms with Crippen molar-refractivity contribution >= 4 is 17.6 Å². The second-order valence-corrected chi connectivity index (χ2v) is 7.49. The number of para-hydroxylation sites is 1. The van der Waals surface area contributed by atoms with E-state index in [-0.39, 0.29) is 18.0 Å². The Balaban J connectivity index is 1.56. The number of esters is 1. The van der Waals surface area contributed by atoms with Crippen molar-refractivity contribution in [3.05, 3.63) is 42.0 Å². The van der Waals surface area contributed by atoms with Crippen LogP contribution < -0.4 is 4.90 Å². The molecular weight excluding hydrogens is 330 g/mol. The summed E-state index contributed by atoms with van der Waals surface area (Å²) in [5.41, 5.74) is 1.23. The number of carbonyl (C=O) groups is 2. The van der Waals surface area contributed by atoms with Gasteiger partial charge in [-0.3, -0.25) is 9.59 Å². The van der Waals surface area contributed by atoms with E-state index in [2.05, 4.69) is 6.92 Å². The van der Waals surface area contributed by atoms with Crippen molar-refractivity contribution < 1.29 is 19.1 Å². The summed E-state index contributed by atoms with van der Waals surface area (Å²) in [6.45, 7) is 4.96. The molecule has 3 heterocycles. The van der Waals surface area contributed by atoms with Gasteiger partial charge in [0.2, 0.25) is 5.91 Å². The summed E-state index contributed by atoms with van der Waals surface area (Å²) in [5.74, 6) is -1.37. The van der Waals surface area contributed by atoms with Crippen molar-refractivity contribution in [1.82, 2.24) is 0 Å². The van der Waals surface area contributed by atoms with Crippen molar-refractivity contribution in [1.29, 1.82) is 0 Å². The third-order valence-corrected chi connectivity index (χ3v) is 5.77. The summed E-state index contributed by atoms with van der Waals surface area (Å²) in [6, 6.07) is 7.81. The Morgan fingerprint density at radius 1 is 1.35 bits per heavy atom. The average Bonchev–Trinajstić information content (AvgIpc) is 3.27. The number of nitrogens with zero attached hydrogens (tertiary/aromatic N) is 1. The van der Waals surface area contributed by atoms with Gasteiger partial charge in [-0.2, -0.15) is 0 Å². The summed E-state index contributed by atoms with van der Waals surface area (Å²) in [5, 5.41) is 0. The first kappa shape index (κ1) is 17.3. The lowest BCUT2D eigenvalue weighted by molar-refractivity contribution is -0.152. The highest BCUT2D eigenvalue weighted by Crippen LogP contribution is 2.53. The van der Waals surface area contributed by atoms with Crippen LogP contribution in [0.4, 0.5) is 5.69 Å². The fourth-order valence-electron chi connectivity index (χ4n) is 4.46. The van der Waals surface area contributed by atoms with Gasteiger partial charge in [-0.25, -0.2) is 0 Å². The van der Waals surface area contributed by atoms with E-state index in [9.17, 15) is 9.59 Å². The normalized spacial score (nSPS) is 31.5. The van der Waals surface area contributed by atoms with Crippen LogP contribution in [-0.4, -0.2) is 36.7 Å². The molecule has 0 unspecified atom stereocenters. The molecule has 26 heavy (non-hydrogen) atoms. The molecule has 1 aromatic rings. The first-order chi connectivity index (χ1) is 12.6. The molecule has 3 aliphatic heterocycles. The van der Waals surface area contributed by atoms with Crippen LogP contribution in [0.3, 0.4) is 0 Å². The van der Waals surface area contributed by atoms with Crippen molar-refractivity contribution in [2.24, 2.45) is 11.8 Å². The van der Waals surface area contributed by atoms with Crippen molar-refractivity contribution in [3.63, 3.8) is 0 Å². The van der Waals surface area contributed by atoms with E-state index < -0.39 is 17.4 Å². The van der Waals surface area contributed by atoms with Gasteiger partial charge in [0, 0.05) is 5.69 Å². The van der Waals surface area contributed by atoms with Crippen molar-refractivity contribution in [2.45, 2.75) is 44.8 Å². The van der Waals surface area contributed by atoms with Crippen molar-refractivity contribution in [3.8, 4) is 0 Å². The second-order valence-electron chi connectivity index (χ2n) is 7.49. The average molecular weight is 355 g/mol. The molecule has 138 valence electrons. The largest absolute Gasteiger partial charge is 0.465 e. The van der Waals surface area contributed by atoms with Crippen LogP contribution in [0.5, 0.6) is 0 Å². The summed E-state index contributed by atoms with van der Waals surface area (Å²) >= 11 is 0. The predicted octanol–water partition coefficient (Wildman–Crippen LogP) is 3.01. The van der Waals surface area contributed by atoms with Crippen LogP contribution in [0.2, 0.25) is 0 Å². The summed E-state index contributed by atoms with van der Waals surface area (Å²) in [4.78, 5) is 27.7. The van der Waals surface area contributed by atoms with Gasteiger partial charge in [0.1, 0.15) is 11.5 Å². The van der Waals surface area contributed by atoms with E-state index in [1.807, 2.05) is 43.3 Å². The predicted molar refractivity (Wildman–Crippen MR) is 97.7 cm³/mol. The van der Waals surface area contributed by atoms with E-state index in [1.54, 1.807) is 4.90 Å². The van der Waals surface area contributed by atoms with Gasteiger partial charge in [-0.05, 0) is 25.0 Å². The minimum atomic E-state index is -0.697. The van der Waals surface area contributed by atoms with Gasteiger partial charge in [0.15, 0.2) is 0 Å². The molecule has 1 aromatic carbocycles. The molecule has 4 atom stereocenters. The number of ether oxygens (including phenoxy) is 2. The molecule has 2 fully saturated rings. The van der Waals surface area contributed by atoms with Gasteiger partial charge in [-0.1, -0.05) is 50.1 Å². The molecule has 5 nitrogen and oxygen atoms in total. The highest BCUT2D eigenvalue weighted by Gasteiger charge is 2.67. The number of fused-ring (bicyclic) bond motifs is 1. The zero-order valence-corrected chi connectivity index (χ0v) is 15.3. The number of aryl methyl sites for hydroxylation is 1. The molecular formula is C21H25NO4. The van der Waals surface area contributed by atoms with Crippen LogP contribution in [0.15, 0.2) is 36.4 Å². The Hall–Kier alpha value is -2.14. The molecule has 4 rings (SSSR count). The molecule has 5 heteroatoms. The smallest absolute Gasteiger partial charge is 0.312 e. The minimum absolute atomic E-state index is 0.0401. The van der Waals surface area contributed by atoms with Crippen molar-refractivity contribution in [2.75, 3.05) is 18.1 Å². The SMILES string of the molecule is CCCCCOC(=O)[C@@H]1[C@@H]2C=C[C@]3(CN(c4ccccc4C)C(=O)[C@H]13)O2. The topological polar surface area (TPSA) is 55.8 Å². The highest BCUT2D eigenvalue weighted by atomic mass is 16.6. The Morgan fingerprint density at radius 2 is 2.15 bits per heavy atom. The Morgan fingerprint density at radius 3 is 2.92 bits per heavy atom. The number of unbranched alkanes of at least 4 members (excludes halogenated alkanes) is 2. The third kappa shape index (κ3) is 2.57. The highest BCUT2D eigenvalue weighted by molar-refractivity contribution is 6.03. The fourth-order valence-corrected chi connectivity index (χ4v) is 4.46. The van der Waals surface area contributed by atoms with E-state index in [0.29, 0.717) is 13.2 Å². The molecule has 3 aliphatic rings. The standard InChI is InChI=1S/C21H25NO4/c1-3-4-7-12-25-20(24)17-16-10-11-21(26-16)13-22(19(23)18(17)21)15-9-6-5-8-14(15)2/h5-6,8-11,16-18H,3-4,7,12-13H2,1-2H3/t16-,17+,18-,21+/m0/s1. The van der Waals surface area contributed by atoms with E-state index >= 15 is 0 Å². The van der Waals surface area contributed by atoms with Crippen LogP contribution in [0, 0.1) is 18.8 Å². The molecule has 0 aromatic heterocycles. The zero-order valence-electron chi connectivity index (χ0n) is 15.3. The van der Waals surface area contributed by atoms with Gasteiger partial charge in [-0.15, -0.1) is 0 Å². The summed E-state index contributed by atoms with van der Waals surface area (Å²) in [6.07, 6.45) is 6.51. The van der Waals surface area contributed by atoms with E-state index in [4.69, 9.17) is 9.47 Å². The van der Waals surface area contributed by atoms with Crippen LogP contribution >= 0.6 is 0 Å². The molecule has 0 aliphatic carbocycles. The maximum absolute atomic E-state index is 13.2. The lowest BCUT2D eigenvalue weighted by Gasteiger charge is -2.23. The van der Waals surface area contributed by atoms with E-state index in [1.165, 1.54) is 0 Å². The molecule has 2 bridgehead atoms. The zero-order chi connectivity index (χ0) is 18.3. The number of carbonyl (C=O) groups excluding carboxylic acids is 2. The number of amides is 1. The second kappa shape index (κ2) is 6.54. The lowest BCUT2D eigenvalue weighted by Crippen LogP contribution is -2.40. The number of hydrogen-bond acceptors (Lipinski definition) is 4. The Bertz CT molecular complexity index is 758. The fraction of sp³-hybridized carbons (Fsp3) is 0.524. The summed E-state index contributed by atoms with van der Waals surface area (Å²) < 4.78 is 11.6. The maximum Gasteiger partial charge on any atom is 0.312 e. The molecule has 2 saturated heterocycles. The minimum Gasteiger partial charge on any atom is -0.465 e. The monoisotopic (exact) mass is 355 g/mol.